The van der Waals surface area contributed by atoms with Crippen molar-refractivity contribution in [1.82, 2.24) is 4.90 Å². The SMILES string of the molecule is COc1ccc(C(=NOCCN2CCCC2)c2cccc3ccccc23)cc1. The molecule has 3 aromatic carbocycles. The molecule has 0 unspecified atom stereocenters. The number of fused-ring (bicyclic) bond motifs is 1. The second-order valence-electron chi connectivity index (χ2n) is 7.08. The normalized spacial score (nSPS) is 15.1. The van der Waals surface area contributed by atoms with E-state index >= 15 is 0 Å². The third-order valence-electron chi connectivity index (χ3n) is 5.26. The van der Waals surface area contributed by atoms with Gasteiger partial charge in [-0.2, -0.15) is 0 Å². The molecule has 1 fully saturated rings. The van der Waals surface area contributed by atoms with Crippen LogP contribution in [0.15, 0.2) is 71.9 Å². The molecule has 28 heavy (non-hydrogen) atoms. The van der Waals surface area contributed by atoms with Crippen LogP contribution in [0.25, 0.3) is 10.8 Å². The number of rotatable bonds is 7. The van der Waals surface area contributed by atoms with Crippen molar-refractivity contribution in [3.05, 3.63) is 77.9 Å². The van der Waals surface area contributed by atoms with E-state index in [1.807, 2.05) is 24.3 Å². The van der Waals surface area contributed by atoms with Gasteiger partial charge in [-0.15, -0.1) is 0 Å². The first-order valence-corrected chi connectivity index (χ1v) is 9.90. The van der Waals surface area contributed by atoms with Crippen molar-refractivity contribution in [3.63, 3.8) is 0 Å². The van der Waals surface area contributed by atoms with E-state index in [1.54, 1.807) is 7.11 Å². The lowest BCUT2D eigenvalue weighted by Crippen LogP contribution is -2.23. The molecule has 0 saturated carbocycles. The van der Waals surface area contributed by atoms with Crippen LogP contribution >= 0.6 is 0 Å². The summed E-state index contributed by atoms with van der Waals surface area (Å²) in [6, 6.07) is 22.7. The van der Waals surface area contributed by atoms with E-state index in [1.165, 1.54) is 36.7 Å². The number of hydrogen-bond acceptors (Lipinski definition) is 4. The van der Waals surface area contributed by atoms with E-state index in [-0.39, 0.29) is 0 Å². The first kappa shape index (κ1) is 18.5. The standard InChI is InChI=1S/C24H26N2O2/c1-27-21-13-11-20(12-14-21)24(25-28-18-17-26-15-4-5-16-26)23-10-6-8-19-7-2-3-9-22(19)23/h2-3,6-14H,4-5,15-18H2,1H3. The molecule has 0 radical (unpaired) electrons. The van der Waals surface area contributed by atoms with Gasteiger partial charge in [0.25, 0.3) is 0 Å². The number of ether oxygens (including phenoxy) is 1. The molecule has 1 saturated heterocycles. The molecule has 3 aromatic rings. The van der Waals surface area contributed by atoms with Crippen LogP contribution in [0.5, 0.6) is 5.75 Å². The second kappa shape index (κ2) is 8.89. The number of nitrogens with zero attached hydrogens (tertiary/aromatic N) is 2. The van der Waals surface area contributed by atoms with Crippen LogP contribution in [0.2, 0.25) is 0 Å². The molecule has 1 aliphatic rings. The maximum Gasteiger partial charge on any atom is 0.129 e. The highest BCUT2D eigenvalue weighted by Gasteiger charge is 2.13. The second-order valence-corrected chi connectivity index (χ2v) is 7.08. The van der Waals surface area contributed by atoms with Crippen molar-refractivity contribution in [2.45, 2.75) is 12.8 Å². The molecule has 0 aliphatic carbocycles. The number of methoxy groups -OCH3 is 1. The summed E-state index contributed by atoms with van der Waals surface area (Å²) in [5, 5.41) is 6.94. The number of likely N-dealkylation sites (tertiary alicyclic amines) is 1. The average Bonchev–Trinajstić information content (AvgIpc) is 3.27. The van der Waals surface area contributed by atoms with Gasteiger partial charge in [-0.25, -0.2) is 0 Å². The molecule has 1 heterocycles. The average molecular weight is 374 g/mol. The first-order valence-electron chi connectivity index (χ1n) is 9.90. The van der Waals surface area contributed by atoms with Crippen molar-refractivity contribution in [3.8, 4) is 5.75 Å². The van der Waals surface area contributed by atoms with Crippen molar-refractivity contribution < 1.29 is 9.57 Å². The highest BCUT2D eigenvalue weighted by molar-refractivity contribution is 6.19. The zero-order valence-corrected chi connectivity index (χ0v) is 16.3. The van der Waals surface area contributed by atoms with Crippen LogP contribution in [0, 0.1) is 0 Å². The zero-order chi connectivity index (χ0) is 19.2. The Kier molecular flexibility index (Phi) is 5.88. The molecule has 0 spiro atoms. The van der Waals surface area contributed by atoms with Gasteiger partial charge in [0, 0.05) is 17.7 Å². The maximum atomic E-state index is 5.79. The van der Waals surface area contributed by atoms with Crippen molar-refractivity contribution in [2.75, 3.05) is 33.4 Å². The Morgan fingerprint density at radius 1 is 0.929 bits per heavy atom. The van der Waals surface area contributed by atoms with Crippen LogP contribution in [-0.2, 0) is 4.84 Å². The van der Waals surface area contributed by atoms with Gasteiger partial charge in [-0.1, -0.05) is 47.6 Å². The molecule has 0 aromatic heterocycles. The quantitative estimate of drug-likeness (QED) is 0.341. The van der Waals surface area contributed by atoms with E-state index in [2.05, 4.69) is 52.5 Å². The monoisotopic (exact) mass is 374 g/mol. The van der Waals surface area contributed by atoms with Gasteiger partial charge >= 0.3 is 0 Å². The summed E-state index contributed by atoms with van der Waals surface area (Å²) in [6.07, 6.45) is 2.58. The highest BCUT2D eigenvalue weighted by Crippen LogP contribution is 2.23. The first-order chi connectivity index (χ1) is 13.8. The fraction of sp³-hybridized carbons (Fsp3) is 0.292. The number of hydrogen-bond donors (Lipinski definition) is 0. The van der Waals surface area contributed by atoms with E-state index in [9.17, 15) is 0 Å². The third-order valence-corrected chi connectivity index (χ3v) is 5.26. The largest absolute Gasteiger partial charge is 0.497 e. The van der Waals surface area contributed by atoms with Crippen LogP contribution in [0.4, 0.5) is 0 Å². The van der Waals surface area contributed by atoms with Crippen LogP contribution in [0.3, 0.4) is 0 Å². The molecule has 144 valence electrons. The summed E-state index contributed by atoms with van der Waals surface area (Å²) < 4.78 is 5.30. The summed E-state index contributed by atoms with van der Waals surface area (Å²) in [5.41, 5.74) is 2.93. The van der Waals surface area contributed by atoms with Crippen molar-refractivity contribution in [1.29, 1.82) is 0 Å². The Labute approximate surface area is 166 Å². The van der Waals surface area contributed by atoms with Gasteiger partial charge in [0.2, 0.25) is 0 Å². The van der Waals surface area contributed by atoms with E-state index in [0.29, 0.717) is 6.61 Å². The Morgan fingerprint density at radius 3 is 2.46 bits per heavy atom. The van der Waals surface area contributed by atoms with Gasteiger partial charge < -0.3 is 9.57 Å². The fourth-order valence-electron chi connectivity index (χ4n) is 3.72. The van der Waals surface area contributed by atoms with Crippen LogP contribution in [-0.4, -0.2) is 44.0 Å². The Bertz CT molecular complexity index is 939. The minimum absolute atomic E-state index is 0.602. The third kappa shape index (κ3) is 4.18. The minimum Gasteiger partial charge on any atom is -0.497 e. The molecule has 0 bridgehead atoms. The Balaban J connectivity index is 1.64. The van der Waals surface area contributed by atoms with E-state index < -0.39 is 0 Å². The van der Waals surface area contributed by atoms with Gasteiger partial charge in [0.1, 0.15) is 18.1 Å². The molecular weight excluding hydrogens is 348 g/mol. The van der Waals surface area contributed by atoms with Gasteiger partial charge in [-0.05, 0) is 61.0 Å². The summed E-state index contributed by atoms with van der Waals surface area (Å²) in [7, 11) is 1.68. The molecule has 4 nitrogen and oxygen atoms in total. The predicted octanol–water partition coefficient (Wildman–Crippen LogP) is 4.71. The lowest BCUT2D eigenvalue weighted by atomic mass is 9.96. The smallest absolute Gasteiger partial charge is 0.129 e. The predicted molar refractivity (Wildman–Crippen MR) is 114 cm³/mol. The van der Waals surface area contributed by atoms with Crippen molar-refractivity contribution in [2.24, 2.45) is 5.16 Å². The number of oxime groups is 1. The van der Waals surface area contributed by atoms with E-state index in [0.717, 1.165) is 29.1 Å². The lowest BCUT2D eigenvalue weighted by molar-refractivity contribution is 0.119. The minimum atomic E-state index is 0.602. The van der Waals surface area contributed by atoms with Crippen LogP contribution < -0.4 is 4.74 Å². The van der Waals surface area contributed by atoms with Crippen molar-refractivity contribution >= 4 is 16.5 Å². The zero-order valence-electron chi connectivity index (χ0n) is 16.3. The van der Waals surface area contributed by atoms with Gasteiger partial charge in [-0.3, -0.25) is 4.90 Å². The Hall–Kier alpha value is -2.85. The topological polar surface area (TPSA) is 34.1 Å². The van der Waals surface area contributed by atoms with Crippen LogP contribution in [0.1, 0.15) is 24.0 Å². The maximum absolute atomic E-state index is 5.79. The molecule has 4 heteroatoms. The fourth-order valence-corrected chi connectivity index (χ4v) is 3.72. The van der Waals surface area contributed by atoms with Gasteiger partial charge in [0.05, 0.1) is 7.11 Å². The summed E-state index contributed by atoms with van der Waals surface area (Å²) in [4.78, 5) is 8.22. The molecule has 0 amide bonds. The summed E-state index contributed by atoms with van der Waals surface area (Å²) >= 11 is 0. The summed E-state index contributed by atoms with van der Waals surface area (Å²) in [5.74, 6) is 0.830. The molecular formula is C24H26N2O2. The summed E-state index contributed by atoms with van der Waals surface area (Å²) in [6.45, 7) is 3.86. The highest BCUT2D eigenvalue weighted by atomic mass is 16.6. The molecule has 4 rings (SSSR count). The van der Waals surface area contributed by atoms with E-state index in [4.69, 9.17) is 9.57 Å². The lowest BCUT2D eigenvalue weighted by Gasteiger charge is -2.14. The Morgan fingerprint density at radius 2 is 1.68 bits per heavy atom. The number of benzene rings is 3. The van der Waals surface area contributed by atoms with Gasteiger partial charge in [0.15, 0.2) is 0 Å². The molecule has 0 atom stereocenters. The molecule has 1 aliphatic heterocycles. The molecule has 0 N–H and O–H groups in total.